The molecule has 1 heterocycles. The summed E-state index contributed by atoms with van der Waals surface area (Å²) in [5.41, 5.74) is 0. The molecule has 0 aromatic heterocycles. The van der Waals surface area contributed by atoms with Crippen molar-refractivity contribution in [2.45, 2.75) is 17.0 Å². The van der Waals surface area contributed by atoms with E-state index in [-0.39, 0.29) is 13.0 Å². The molecule has 1 rings (SSSR count). The normalized spacial score (nSPS) is 39.4. The summed E-state index contributed by atoms with van der Waals surface area (Å²) in [7, 11) is 0. The van der Waals surface area contributed by atoms with E-state index in [1.165, 1.54) is 0 Å². The molecule has 0 saturated carbocycles. The van der Waals surface area contributed by atoms with E-state index in [9.17, 15) is 4.79 Å². The summed E-state index contributed by atoms with van der Waals surface area (Å²) >= 11 is 8.51. The predicted octanol–water partition coefficient (Wildman–Crippen LogP) is 0.383. The molecule has 2 atom stereocenters. The van der Waals surface area contributed by atoms with E-state index >= 15 is 0 Å². The Morgan fingerprint density at radius 3 is 2.55 bits per heavy atom. The maximum atomic E-state index is 10.6. The van der Waals surface area contributed by atoms with Gasteiger partial charge in [0.1, 0.15) is 0 Å². The summed E-state index contributed by atoms with van der Waals surface area (Å²) in [6, 6.07) is 0. The fourth-order valence-corrected chi connectivity index (χ4v) is 1.82. The van der Waals surface area contributed by atoms with Crippen LogP contribution in [0.3, 0.4) is 0 Å². The van der Waals surface area contributed by atoms with Gasteiger partial charge in [-0.2, -0.15) is 4.42 Å². The monoisotopic (exact) mass is 243 g/mol. The molecule has 0 amide bonds. The smallest absolute Gasteiger partial charge is 0.336 e. The van der Waals surface area contributed by atoms with Crippen LogP contribution >= 0.6 is 27.7 Å². The van der Waals surface area contributed by atoms with E-state index in [1.54, 1.807) is 0 Å². The van der Waals surface area contributed by atoms with Crippen LogP contribution in [-0.2, 0) is 4.79 Å². The van der Waals surface area contributed by atoms with Crippen molar-refractivity contribution in [1.29, 1.82) is 0 Å². The number of carboxylic acids is 1. The number of nitrogens with zero attached hydrogens (tertiary/aromatic N) is 1. The van der Waals surface area contributed by atoms with E-state index in [2.05, 4.69) is 15.9 Å². The molecule has 0 aromatic rings. The van der Waals surface area contributed by atoms with Gasteiger partial charge >= 0.3 is 5.97 Å². The zero-order valence-electron chi connectivity index (χ0n) is 5.50. The largest absolute Gasteiger partial charge is 0.479 e. The molecule has 0 radical (unpaired) electrons. The van der Waals surface area contributed by atoms with Gasteiger partial charge in [0.2, 0.25) is 0 Å². The van der Waals surface area contributed by atoms with Crippen LogP contribution in [0.25, 0.3) is 0 Å². The summed E-state index contributed by atoms with van der Waals surface area (Å²) in [6.45, 7) is 0.166. The number of hydrogen-bond acceptors (Lipinski definition) is 3. The molecule has 1 saturated heterocycles. The number of carboxylic acid groups (broad SMARTS) is 1. The van der Waals surface area contributed by atoms with Crippen molar-refractivity contribution in [3.63, 3.8) is 0 Å². The lowest BCUT2D eigenvalue weighted by Crippen LogP contribution is -2.39. The SMILES string of the molecule is O=C(O)[C@]1(Br)C[C@@H](O)CN1Cl. The molecule has 0 aliphatic carbocycles. The van der Waals surface area contributed by atoms with E-state index in [0.717, 1.165) is 4.42 Å². The number of aliphatic carboxylic acids is 1. The topological polar surface area (TPSA) is 60.8 Å². The van der Waals surface area contributed by atoms with E-state index < -0.39 is 16.5 Å². The van der Waals surface area contributed by atoms with Crippen LogP contribution in [-0.4, -0.2) is 37.7 Å². The Morgan fingerprint density at radius 2 is 2.36 bits per heavy atom. The van der Waals surface area contributed by atoms with Crippen LogP contribution in [0.1, 0.15) is 6.42 Å². The third-order valence-electron chi connectivity index (χ3n) is 1.59. The van der Waals surface area contributed by atoms with Gasteiger partial charge in [-0.25, -0.2) is 4.79 Å². The van der Waals surface area contributed by atoms with Crippen LogP contribution in [0.15, 0.2) is 0 Å². The van der Waals surface area contributed by atoms with Gasteiger partial charge < -0.3 is 10.2 Å². The minimum absolute atomic E-state index is 0.103. The summed E-state index contributed by atoms with van der Waals surface area (Å²) in [4.78, 5) is 10.6. The Bertz CT molecular complexity index is 191. The van der Waals surface area contributed by atoms with Gasteiger partial charge in [-0.1, -0.05) is 15.9 Å². The Morgan fingerprint density at radius 1 is 1.82 bits per heavy atom. The molecule has 1 aliphatic heterocycles. The molecule has 1 fully saturated rings. The average molecular weight is 244 g/mol. The quantitative estimate of drug-likeness (QED) is 0.398. The van der Waals surface area contributed by atoms with Crippen molar-refractivity contribution in [3.8, 4) is 0 Å². The maximum Gasteiger partial charge on any atom is 0.336 e. The third-order valence-corrected chi connectivity index (χ3v) is 3.31. The van der Waals surface area contributed by atoms with Gasteiger partial charge in [-0.05, 0) is 11.8 Å². The molecular formula is C5H7BrClNO3. The first-order valence-corrected chi connectivity index (χ1v) is 4.13. The lowest BCUT2D eigenvalue weighted by molar-refractivity contribution is -0.142. The molecular weight excluding hydrogens is 237 g/mol. The van der Waals surface area contributed by atoms with Gasteiger partial charge in [0.25, 0.3) is 0 Å². The van der Waals surface area contributed by atoms with Crippen LogP contribution in [0, 0.1) is 0 Å². The fraction of sp³-hybridized carbons (Fsp3) is 0.800. The van der Waals surface area contributed by atoms with Gasteiger partial charge in [-0.15, -0.1) is 0 Å². The minimum atomic E-state index is -1.30. The molecule has 0 aromatic carbocycles. The highest BCUT2D eigenvalue weighted by molar-refractivity contribution is 9.10. The second-order valence-electron chi connectivity index (χ2n) is 2.47. The van der Waals surface area contributed by atoms with Crippen LogP contribution in [0.4, 0.5) is 0 Å². The number of rotatable bonds is 1. The molecule has 0 unspecified atom stereocenters. The van der Waals surface area contributed by atoms with Gasteiger partial charge in [0.05, 0.1) is 6.10 Å². The fourth-order valence-electron chi connectivity index (χ4n) is 0.997. The van der Waals surface area contributed by atoms with Gasteiger partial charge in [0.15, 0.2) is 4.45 Å². The zero-order chi connectivity index (χ0) is 8.65. The molecule has 1 aliphatic rings. The first kappa shape index (κ1) is 9.25. The number of hydrogen-bond donors (Lipinski definition) is 2. The standard InChI is InChI=1S/C5H7BrClNO3/c6-5(4(10)11)1-3(9)2-8(5)7/h3,9H,1-2H2,(H,10,11)/t3-,5+/m1/s1. The van der Waals surface area contributed by atoms with Crippen LogP contribution in [0.5, 0.6) is 0 Å². The third kappa shape index (κ3) is 1.51. The number of alkyl halides is 1. The van der Waals surface area contributed by atoms with Crippen LogP contribution < -0.4 is 0 Å². The number of halogens is 2. The Kier molecular flexibility index (Phi) is 2.43. The van der Waals surface area contributed by atoms with E-state index in [4.69, 9.17) is 22.0 Å². The van der Waals surface area contributed by atoms with Crippen molar-refractivity contribution >= 4 is 33.7 Å². The molecule has 4 nitrogen and oxygen atoms in total. The Labute approximate surface area is 77.0 Å². The maximum absolute atomic E-state index is 10.6. The molecule has 0 spiro atoms. The summed E-state index contributed by atoms with van der Waals surface area (Å²) < 4.78 is -0.242. The first-order chi connectivity index (χ1) is 4.97. The van der Waals surface area contributed by atoms with Crippen molar-refractivity contribution in [2.24, 2.45) is 0 Å². The Hall–Kier alpha value is 0.160. The van der Waals surface area contributed by atoms with Crippen LogP contribution in [0.2, 0.25) is 0 Å². The first-order valence-electron chi connectivity index (χ1n) is 3.00. The highest BCUT2D eigenvalue weighted by Crippen LogP contribution is 2.36. The van der Waals surface area contributed by atoms with Gasteiger partial charge in [0, 0.05) is 13.0 Å². The highest BCUT2D eigenvalue weighted by Gasteiger charge is 2.49. The number of aliphatic hydroxyl groups is 1. The van der Waals surface area contributed by atoms with E-state index in [1.807, 2.05) is 0 Å². The predicted molar refractivity (Wildman–Crippen MR) is 42.5 cm³/mol. The molecule has 2 N–H and O–H groups in total. The highest BCUT2D eigenvalue weighted by atomic mass is 79.9. The summed E-state index contributed by atoms with van der Waals surface area (Å²) in [5, 5.41) is 17.7. The average Bonchev–Trinajstić information content (AvgIpc) is 2.08. The number of aliphatic hydroxyl groups excluding tert-OH is 1. The zero-order valence-corrected chi connectivity index (χ0v) is 7.84. The minimum Gasteiger partial charge on any atom is -0.479 e. The summed E-state index contributed by atoms with van der Waals surface area (Å²) in [6.07, 6.45) is -0.575. The van der Waals surface area contributed by atoms with Crippen molar-refractivity contribution in [1.82, 2.24) is 4.42 Å². The summed E-state index contributed by atoms with van der Waals surface area (Å²) in [5.74, 6) is -1.08. The van der Waals surface area contributed by atoms with E-state index in [0.29, 0.717) is 0 Å². The number of β-amino-alcohol motifs (C(OH)–C–C–N with tert-alkyl or cyclic N) is 1. The van der Waals surface area contributed by atoms with Crippen molar-refractivity contribution < 1.29 is 15.0 Å². The second-order valence-corrected chi connectivity index (χ2v) is 4.19. The molecule has 0 bridgehead atoms. The van der Waals surface area contributed by atoms with Gasteiger partial charge in [-0.3, -0.25) is 0 Å². The van der Waals surface area contributed by atoms with Crippen molar-refractivity contribution in [3.05, 3.63) is 0 Å². The second kappa shape index (κ2) is 2.90. The van der Waals surface area contributed by atoms with Crippen molar-refractivity contribution in [2.75, 3.05) is 6.54 Å². The number of carbonyl (C=O) groups is 1. The molecule has 6 heteroatoms. The lowest BCUT2D eigenvalue weighted by Gasteiger charge is -2.21. The molecule has 64 valence electrons. The lowest BCUT2D eigenvalue weighted by atomic mass is 10.2. The molecule has 11 heavy (non-hydrogen) atoms. The Balaban J connectivity index is 2.79.